The Kier molecular flexibility index (Phi) is 4.19. The predicted octanol–water partition coefficient (Wildman–Crippen LogP) is 4.60. The maximum Gasteiger partial charge on any atom is 0.188 e. The van der Waals surface area contributed by atoms with Gasteiger partial charge in [-0.1, -0.05) is 34.8 Å². The summed E-state index contributed by atoms with van der Waals surface area (Å²) < 4.78 is 1.53. The number of hydrogen-bond donors (Lipinski definition) is 0. The lowest BCUT2D eigenvalue weighted by atomic mass is 10.1. The molecule has 0 radical (unpaired) electrons. The highest BCUT2D eigenvalue weighted by Crippen LogP contribution is 2.25. The summed E-state index contributed by atoms with van der Waals surface area (Å²) in [4.78, 5) is 12.4. The number of Topliss-reactive ketones (excluding diaryl/α,β-unsaturated/α-hetero) is 1. The summed E-state index contributed by atoms with van der Waals surface area (Å²) in [6.07, 6.45) is 1.63. The Hall–Kier alpha value is -1.03. The van der Waals surface area contributed by atoms with Gasteiger partial charge in [0.25, 0.3) is 0 Å². The summed E-state index contributed by atoms with van der Waals surface area (Å²) >= 11 is 17.8. The van der Waals surface area contributed by atoms with Gasteiger partial charge in [-0.25, -0.2) is 0 Å². The van der Waals surface area contributed by atoms with Crippen molar-refractivity contribution < 1.29 is 4.79 Å². The monoisotopic (exact) mass is 316 g/mol. The van der Waals surface area contributed by atoms with E-state index in [2.05, 4.69) is 5.10 Å². The van der Waals surface area contributed by atoms with Crippen LogP contribution >= 0.6 is 34.8 Å². The SMILES string of the molecule is Cc1nn(C(C)C(=O)c2ccc(Cl)cc2Cl)cc1Cl. The highest BCUT2D eigenvalue weighted by atomic mass is 35.5. The van der Waals surface area contributed by atoms with E-state index in [9.17, 15) is 4.79 Å². The lowest BCUT2D eigenvalue weighted by molar-refractivity contribution is 0.0928. The van der Waals surface area contributed by atoms with Gasteiger partial charge in [0.15, 0.2) is 5.78 Å². The molecule has 1 aromatic carbocycles. The van der Waals surface area contributed by atoms with Gasteiger partial charge in [-0.05, 0) is 32.0 Å². The van der Waals surface area contributed by atoms with Crippen LogP contribution in [0.15, 0.2) is 24.4 Å². The van der Waals surface area contributed by atoms with E-state index in [1.165, 1.54) is 4.68 Å². The van der Waals surface area contributed by atoms with Gasteiger partial charge in [-0.15, -0.1) is 0 Å². The van der Waals surface area contributed by atoms with Gasteiger partial charge >= 0.3 is 0 Å². The zero-order chi connectivity index (χ0) is 14.2. The van der Waals surface area contributed by atoms with E-state index in [4.69, 9.17) is 34.8 Å². The van der Waals surface area contributed by atoms with Crippen molar-refractivity contribution in [2.45, 2.75) is 19.9 Å². The number of aryl methyl sites for hydroxylation is 1. The third kappa shape index (κ3) is 2.94. The molecule has 0 spiro atoms. The molecule has 0 saturated heterocycles. The van der Waals surface area contributed by atoms with Crippen LogP contribution in [0.5, 0.6) is 0 Å². The topological polar surface area (TPSA) is 34.9 Å². The Labute approximate surface area is 126 Å². The molecular weight excluding hydrogens is 307 g/mol. The molecule has 0 fully saturated rings. The summed E-state index contributed by atoms with van der Waals surface area (Å²) in [6, 6.07) is 4.31. The highest BCUT2D eigenvalue weighted by molar-refractivity contribution is 6.37. The van der Waals surface area contributed by atoms with Crippen LogP contribution in [-0.2, 0) is 0 Å². The second-order valence-electron chi connectivity index (χ2n) is 4.21. The molecule has 0 aliphatic carbocycles. The Morgan fingerprint density at radius 1 is 1.26 bits per heavy atom. The molecule has 100 valence electrons. The minimum atomic E-state index is -0.482. The largest absolute Gasteiger partial charge is 0.292 e. The molecule has 0 amide bonds. The van der Waals surface area contributed by atoms with Crippen LogP contribution in [0.1, 0.15) is 29.0 Å². The second kappa shape index (κ2) is 5.53. The van der Waals surface area contributed by atoms with Crippen LogP contribution in [0.3, 0.4) is 0 Å². The van der Waals surface area contributed by atoms with E-state index >= 15 is 0 Å². The minimum Gasteiger partial charge on any atom is -0.292 e. The molecule has 3 nitrogen and oxygen atoms in total. The number of carbonyl (C=O) groups excluding carboxylic acids is 1. The van der Waals surface area contributed by atoms with E-state index in [1.807, 2.05) is 0 Å². The number of nitrogens with zero attached hydrogens (tertiary/aromatic N) is 2. The summed E-state index contributed by atoms with van der Waals surface area (Å²) in [6.45, 7) is 3.53. The molecule has 1 aromatic heterocycles. The van der Waals surface area contributed by atoms with Gasteiger partial charge in [0.05, 0.1) is 15.7 Å². The fourth-order valence-electron chi connectivity index (χ4n) is 1.69. The van der Waals surface area contributed by atoms with Gasteiger partial charge in [0, 0.05) is 16.8 Å². The Balaban J connectivity index is 2.33. The van der Waals surface area contributed by atoms with Crippen LogP contribution in [0.25, 0.3) is 0 Å². The van der Waals surface area contributed by atoms with E-state index in [1.54, 1.807) is 38.2 Å². The van der Waals surface area contributed by atoms with Crippen molar-refractivity contribution in [3.05, 3.63) is 50.7 Å². The van der Waals surface area contributed by atoms with E-state index in [-0.39, 0.29) is 5.78 Å². The normalized spacial score (nSPS) is 12.5. The average Bonchev–Trinajstić information content (AvgIpc) is 2.68. The van der Waals surface area contributed by atoms with Crippen molar-refractivity contribution in [2.24, 2.45) is 0 Å². The Bertz CT molecular complexity index is 617. The van der Waals surface area contributed by atoms with Crippen molar-refractivity contribution in [2.75, 3.05) is 0 Å². The summed E-state index contributed by atoms with van der Waals surface area (Å²) in [7, 11) is 0. The molecule has 2 rings (SSSR count). The Morgan fingerprint density at radius 3 is 2.47 bits per heavy atom. The number of benzene rings is 1. The molecule has 0 bridgehead atoms. The standard InChI is InChI=1S/C13H11Cl3N2O/c1-7-12(16)6-18(17-7)8(2)13(19)10-4-3-9(14)5-11(10)15/h3-6,8H,1-2H3. The summed E-state index contributed by atoms with van der Waals surface area (Å²) in [5, 5.41) is 5.55. The molecule has 6 heteroatoms. The predicted molar refractivity (Wildman–Crippen MR) is 77.5 cm³/mol. The maximum absolute atomic E-state index is 12.4. The second-order valence-corrected chi connectivity index (χ2v) is 5.46. The molecule has 2 aromatic rings. The average molecular weight is 318 g/mol. The molecule has 0 aliphatic heterocycles. The number of ketones is 1. The molecule has 19 heavy (non-hydrogen) atoms. The summed E-state index contributed by atoms with van der Waals surface area (Å²) in [5.74, 6) is -0.138. The third-order valence-corrected chi connectivity index (χ3v) is 3.75. The first-order valence-corrected chi connectivity index (χ1v) is 6.74. The number of halogens is 3. The fraction of sp³-hybridized carbons (Fsp3) is 0.231. The number of hydrogen-bond acceptors (Lipinski definition) is 2. The molecule has 0 saturated carbocycles. The van der Waals surface area contributed by atoms with Gasteiger partial charge in [0.2, 0.25) is 0 Å². The molecular formula is C13H11Cl3N2O. The molecule has 1 unspecified atom stereocenters. The zero-order valence-electron chi connectivity index (χ0n) is 10.3. The Morgan fingerprint density at radius 2 is 1.95 bits per heavy atom. The quantitative estimate of drug-likeness (QED) is 0.776. The first-order chi connectivity index (χ1) is 8.90. The van der Waals surface area contributed by atoms with E-state index in [0.29, 0.717) is 26.3 Å². The molecule has 1 atom stereocenters. The van der Waals surface area contributed by atoms with Crippen LogP contribution in [0.4, 0.5) is 0 Å². The molecule has 0 N–H and O–H groups in total. The smallest absolute Gasteiger partial charge is 0.188 e. The first kappa shape index (κ1) is 14.4. The van der Waals surface area contributed by atoms with Crippen LogP contribution in [0.2, 0.25) is 15.1 Å². The van der Waals surface area contributed by atoms with Crippen LogP contribution < -0.4 is 0 Å². The van der Waals surface area contributed by atoms with Crippen LogP contribution in [-0.4, -0.2) is 15.6 Å². The van der Waals surface area contributed by atoms with Gasteiger partial charge < -0.3 is 0 Å². The van der Waals surface area contributed by atoms with Crippen molar-refractivity contribution in [1.29, 1.82) is 0 Å². The minimum absolute atomic E-state index is 0.138. The number of carbonyl (C=O) groups is 1. The van der Waals surface area contributed by atoms with Crippen molar-refractivity contribution in [3.8, 4) is 0 Å². The lowest BCUT2D eigenvalue weighted by Crippen LogP contribution is -2.17. The molecule has 1 heterocycles. The van der Waals surface area contributed by atoms with Crippen molar-refractivity contribution >= 4 is 40.6 Å². The van der Waals surface area contributed by atoms with Crippen LogP contribution in [0, 0.1) is 6.92 Å². The fourth-order valence-corrected chi connectivity index (χ4v) is 2.33. The van der Waals surface area contributed by atoms with Gasteiger partial charge in [-0.3, -0.25) is 9.48 Å². The number of aromatic nitrogens is 2. The van der Waals surface area contributed by atoms with Gasteiger partial charge in [-0.2, -0.15) is 5.10 Å². The van der Waals surface area contributed by atoms with Crippen molar-refractivity contribution in [1.82, 2.24) is 9.78 Å². The molecule has 0 aliphatic rings. The van der Waals surface area contributed by atoms with Gasteiger partial charge in [0.1, 0.15) is 6.04 Å². The van der Waals surface area contributed by atoms with Crippen molar-refractivity contribution in [3.63, 3.8) is 0 Å². The highest BCUT2D eigenvalue weighted by Gasteiger charge is 2.21. The first-order valence-electron chi connectivity index (χ1n) is 5.60. The third-order valence-electron chi connectivity index (χ3n) is 2.83. The summed E-state index contributed by atoms with van der Waals surface area (Å²) in [5.41, 5.74) is 1.10. The van der Waals surface area contributed by atoms with E-state index < -0.39 is 6.04 Å². The zero-order valence-corrected chi connectivity index (χ0v) is 12.6. The maximum atomic E-state index is 12.4. The lowest BCUT2D eigenvalue weighted by Gasteiger charge is -2.12. The number of rotatable bonds is 3. The van der Waals surface area contributed by atoms with E-state index in [0.717, 1.165) is 0 Å².